The number of aromatic nitrogens is 2. The molecule has 8 nitrogen and oxygen atoms in total. The van der Waals surface area contributed by atoms with Gasteiger partial charge in [0, 0.05) is 5.69 Å². The van der Waals surface area contributed by atoms with Crippen molar-refractivity contribution in [1.29, 1.82) is 0 Å². The van der Waals surface area contributed by atoms with Gasteiger partial charge in [0.05, 0.1) is 23.5 Å². The van der Waals surface area contributed by atoms with Crippen LogP contribution in [0, 0.1) is 13.8 Å². The number of hydrogen-bond acceptors (Lipinski definition) is 7. The van der Waals surface area contributed by atoms with Gasteiger partial charge in [0.2, 0.25) is 15.7 Å². The standard InChI is InChI=1S/C22H23N3O5S2/c1-4-30-17-8-6-16(7-9-17)24-20(26)13-31-22-23-12-19(21(27)25-22)32(28,29)18-10-5-14(2)11-15(18)3/h5-12H,4,13H2,1-3H3,(H,24,26)(H,23,25,27). The number of ether oxygens (including phenoxy) is 1. The predicted molar refractivity (Wildman–Crippen MR) is 123 cm³/mol. The molecule has 0 aliphatic heterocycles. The third-order valence-electron chi connectivity index (χ3n) is 4.44. The van der Waals surface area contributed by atoms with Gasteiger partial charge in [-0.2, -0.15) is 0 Å². The van der Waals surface area contributed by atoms with Crippen LogP contribution in [0.15, 0.2) is 68.4 Å². The number of benzene rings is 2. The number of amides is 1. The van der Waals surface area contributed by atoms with Gasteiger partial charge in [0.1, 0.15) is 5.75 Å². The number of rotatable bonds is 8. The van der Waals surface area contributed by atoms with Crippen molar-refractivity contribution in [2.75, 3.05) is 17.7 Å². The first-order chi connectivity index (χ1) is 15.2. The third-order valence-corrected chi connectivity index (χ3v) is 7.24. The largest absolute Gasteiger partial charge is 0.494 e. The minimum Gasteiger partial charge on any atom is -0.494 e. The van der Waals surface area contributed by atoms with Crippen molar-refractivity contribution in [2.24, 2.45) is 0 Å². The number of aromatic amines is 1. The molecule has 0 atom stereocenters. The van der Waals surface area contributed by atoms with Crippen molar-refractivity contribution in [3.8, 4) is 5.75 Å². The highest BCUT2D eigenvalue weighted by Gasteiger charge is 2.24. The smallest absolute Gasteiger partial charge is 0.270 e. The molecular weight excluding hydrogens is 450 g/mol. The van der Waals surface area contributed by atoms with Crippen LogP contribution in [0.3, 0.4) is 0 Å². The fourth-order valence-electron chi connectivity index (χ4n) is 2.98. The van der Waals surface area contributed by atoms with Crippen molar-refractivity contribution in [1.82, 2.24) is 9.97 Å². The van der Waals surface area contributed by atoms with Gasteiger partial charge in [-0.05, 0) is 56.7 Å². The number of thioether (sulfide) groups is 1. The van der Waals surface area contributed by atoms with E-state index in [1.54, 1.807) is 43.3 Å². The van der Waals surface area contributed by atoms with Crippen LogP contribution in [-0.2, 0) is 14.6 Å². The second-order valence-electron chi connectivity index (χ2n) is 6.95. The van der Waals surface area contributed by atoms with Gasteiger partial charge >= 0.3 is 0 Å². The number of anilines is 1. The first kappa shape index (κ1) is 23.6. The van der Waals surface area contributed by atoms with E-state index in [9.17, 15) is 18.0 Å². The summed E-state index contributed by atoms with van der Waals surface area (Å²) < 4.78 is 31.1. The second-order valence-corrected chi connectivity index (χ2v) is 9.80. The van der Waals surface area contributed by atoms with E-state index >= 15 is 0 Å². The Morgan fingerprint density at radius 1 is 1.12 bits per heavy atom. The van der Waals surface area contributed by atoms with Gasteiger partial charge in [0.15, 0.2) is 10.1 Å². The molecule has 0 bridgehead atoms. The van der Waals surface area contributed by atoms with Gasteiger partial charge in [-0.1, -0.05) is 29.5 Å². The maximum Gasteiger partial charge on any atom is 0.270 e. The van der Waals surface area contributed by atoms with E-state index in [-0.39, 0.29) is 21.7 Å². The molecule has 0 saturated carbocycles. The van der Waals surface area contributed by atoms with Crippen LogP contribution >= 0.6 is 11.8 Å². The summed E-state index contributed by atoms with van der Waals surface area (Å²) in [4.78, 5) is 30.7. The fraction of sp³-hybridized carbons (Fsp3) is 0.227. The first-order valence-electron chi connectivity index (χ1n) is 9.78. The van der Waals surface area contributed by atoms with Crippen molar-refractivity contribution in [3.63, 3.8) is 0 Å². The van der Waals surface area contributed by atoms with Gasteiger partial charge in [-0.25, -0.2) is 13.4 Å². The molecule has 168 valence electrons. The Morgan fingerprint density at radius 3 is 2.47 bits per heavy atom. The zero-order valence-electron chi connectivity index (χ0n) is 17.8. The Bertz CT molecular complexity index is 1290. The van der Waals surface area contributed by atoms with Crippen molar-refractivity contribution < 1.29 is 17.9 Å². The lowest BCUT2D eigenvalue weighted by molar-refractivity contribution is -0.113. The lowest BCUT2D eigenvalue weighted by Gasteiger charge is -2.09. The molecule has 0 radical (unpaired) electrons. The average Bonchev–Trinajstić information content (AvgIpc) is 2.73. The molecule has 0 unspecified atom stereocenters. The minimum absolute atomic E-state index is 0.0146. The van der Waals surface area contributed by atoms with Gasteiger partial charge < -0.3 is 15.0 Å². The molecule has 2 N–H and O–H groups in total. The average molecular weight is 474 g/mol. The molecule has 3 aromatic rings. The first-order valence-corrected chi connectivity index (χ1v) is 12.2. The number of nitrogens with one attached hydrogen (secondary N) is 2. The number of nitrogens with zero attached hydrogens (tertiary/aromatic N) is 1. The maximum absolute atomic E-state index is 12.9. The van der Waals surface area contributed by atoms with Gasteiger partial charge in [0.25, 0.3) is 5.56 Å². The molecule has 1 aromatic heterocycles. The number of aryl methyl sites for hydroxylation is 2. The highest BCUT2D eigenvalue weighted by molar-refractivity contribution is 7.99. The topological polar surface area (TPSA) is 118 Å². The number of carbonyl (C=O) groups excluding carboxylic acids is 1. The predicted octanol–water partition coefficient (Wildman–Crippen LogP) is 3.35. The fourth-order valence-corrected chi connectivity index (χ4v) is 5.07. The Morgan fingerprint density at radius 2 is 1.84 bits per heavy atom. The summed E-state index contributed by atoms with van der Waals surface area (Å²) in [5.74, 6) is 0.394. The molecule has 0 aliphatic carbocycles. The number of H-pyrrole nitrogens is 1. The number of carbonyl (C=O) groups is 1. The summed E-state index contributed by atoms with van der Waals surface area (Å²) in [5.41, 5.74) is 1.29. The van der Waals surface area contributed by atoms with Crippen LogP contribution < -0.4 is 15.6 Å². The number of hydrogen-bond donors (Lipinski definition) is 2. The lowest BCUT2D eigenvalue weighted by Crippen LogP contribution is -2.20. The molecule has 0 aliphatic rings. The van der Waals surface area contributed by atoms with Crippen LogP contribution in [0.1, 0.15) is 18.1 Å². The van der Waals surface area contributed by atoms with E-state index in [1.807, 2.05) is 13.8 Å². The molecule has 0 saturated heterocycles. The van der Waals surface area contributed by atoms with Gasteiger partial charge in [-0.15, -0.1) is 0 Å². The number of sulfone groups is 1. The van der Waals surface area contributed by atoms with Gasteiger partial charge in [-0.3, -0.25) is 9.59 Å². The van der Waals surface area contributed by atoms with Crippen molar-refractivity contribution >= 4 is 33.2 Å². The monoisotopic (exact) mass is 473 g/mol. The van der Waals surface area contributed by atoms with E-state index in [0.29, 0.717) is 23.6 Å². The molecule has 10 heteroatoms. The molecule has 1 amide bonds. The summed E-state index contributed by atoms with van der Waals surface area (Å²) in [5, 5.41) is 2.88. The zero-order chi connectivity index (χ0) is 23.3. The van der Waals surface area contributed by atoms with Crippen LogP contribution in [0.4, 0.5) is 5.69 Å². The normalized spacial score (nSPS) is 11.2. The van der Waals surface area contributed by atoms with E-state index in [0.717, 1.165) is 23.5 Å². The molecular formula is C22H23N3O5S2. The summed E-state index contributed by atoms with van der Waals surface area (Å²) in [7, 11) is -4.02. The second kappa shape index (κ2) is 10.0. The Balaban J connectivity index is 1.67. The molecule has 2 aromatic carbocycles. The quantitative estimate of drug-likeness (QED) is 0.380. The minimum atomic E-state index is -4.02. The maximum atomic E-state index is 12.9. The molecule has 1 heterocycles. The Hall–Kier alpha value is -3.11. The highest BCUT2D eigenvalue weighted by atomic mass is 32.2. The van der Waals surface area contributed by atoms with E-state index in [2.05, 4.69) is 15.3 Å². The summed E-state index contributed by atoms with van der Waals surface area (Å²) in [6.07, 6.45) is 1.03. The van der Waals surface area contributed by atoms with Crippen LogP contribution in [0.25, 0.3) is 0 Å². The SMILES string of the molecule is CCOc1ccc(NC(=O)CSc2ncc(S(=O)(=O)c3ccc(C)cc3C)c(=O)[nH]2)cc1. The Labute approximate surface area is 190 Å². The summed E-state index contributed by atoms with van der Waals surface area (Å²) >= 11 is 0.995. The van der Waals surface area contributed by atoms with Crippen LogP contribution in [0.5, 0.6) is 5.75 Å². The Kier molecular flexibility index (Phi) is 7.37. The van der Waals surface area contributed by atoms with E-state index in [4.69, 9.17) is 4.74 Å². The molecule has 0 spiro atoms. The summed E-state index contributed by atoms with van der Waals surface area (Å²) in [6, 6.07) is 11.8. The van der Waals surface area contributed by atoms with E-state index in [1.165, 1.54) is 6.07 Å². The third kappa shape index (κ3) is 5.57. The van der Waals surface area contributed by atoms with Crippen molar-refractivity contribution in [3.05, 3.63) is 70.1 Å². The highest BCUT2D eigenvalue weighted by Crippen LogP contribution is 2.23. The molecule has 3 rings (SSSR count). The van der Waals surface area contributed by atoms with Crippen LogP contribution in [-0.4, -0.2) is 36.7 Å². The molecule has 32 heavy (non-hydrogen) atoms. The molecule has 0 fully saturated rings. The van der Waals surface area contributed by atoms with Crippen molar-refractivity contribution in [2.45, 2.75) is 35.7 Å². The zero-order valence-corrected chi connectivity index (χ0v) is 19.5. The lowest BCUT2D eigenvalue weighted by atomic mass is 10.2. The summed E-state index contributed by atoms with van der Waals surface area (Å²) in [6.45, 7) is 5.97. The van der Waals surface area contributed by atoms with Crippen LogP contribution in [0.2, 0.25) is 0 Å². The van der Waals surface area contributed by atoms with E-state index < -0.39 is 20.3 Å².